The van der Waals surface area contributed by atoms with Crippen molar-refractivity contribution in [3.05, 3.63) is 60.7 Å². The average molecular weight is 284 g/mol. The topological polar surface area (TPSA) is 60.9 Å². The monoisotopic (exact) mass is 284 g/mol. The van der Waals surface area contributed by atoms with Crippen molar-refractivity contribution in [3.63, 3.8) is 0 Å². The quantitative estimate of drug-likeness (QED) is 0.939. The van der Waals surface area contributed by atoms with Crippen LogP contribution in [0.5, 0.6) is 0 Å². The van der Waals surface area contributed by atoms with Gasteiger partial charge in [-0.15, -0.1) is 0 Å². The zero-order valence-corrected chi connectivity index (χ0v) is 11.6. The number of hydrogen-bond donors (Lipinski definition) is 1. The third kappa shape index (κ3) is 3.60. The van der Waals surface area contributed by atoms with Crippen molar-refractivity contribution >= 4 is 23.4 Å². The molecule has 2 rings (SSSR count). The van der Waals surface area contributed by atoms with Crippen molar-refractivity contribution in [2.45, 2.75) is 0 Å². The molecule has 21 heavy (non-hydrogen) atoms. The number of aliphatic carboxylic acids is 1. The Bertz CT molecular complexity index is 614. The van der Waals surface area contributed by atoms with E-state index in [0.29, 0.717) is 11.4 Å². The van der Waals surface area contributed by atoms with E-state index >= 15 is 0 Å². The highest BCUT2D eigenvalue weighted by Gasteiger charge is 2.22. The summed E-state index contributed by atoms with van der Waals surface area (Å²) in [4.78, 5) is 26.3. The SMILES string of the molecule is CN(C(=O)N(CC(=O)O)c1ccccc1)c1ccccc1. The van der Waals surface area contributed by atoms with Gasteiger partial charge in [0.1, 0.15) is 6.54 Å². The number of nitrogens with zero attached hydrogens (tertiary/aromatic N) is 2. The summed E-state index contributed by atoms with van der Waals surface area (Å²) >= 11 is 0. The van der Waals surface area contributed by atoms with Crippen LogP contribution in [-0.2, 0) is 4.79 Å². The minimum absolute atomic E-state index is 0.389. The molecule has 1 N–H and O–H groups in total. The molecule has 2 aromatic rings. The third-order valence-electron chi connectivity index (χ3n) is 3.02. The van der Waals surface area contributed by atoms with Gasteiger partial charge in [0, 0.05) is 18.4 Å². The number of hydrogen-bond acceptors (Lipinski definition) is 2. The number of urea groups is 1. The summed E-state index contributed by atoms with van der Waals surface area (Å²) in [7, 11) is 1.62. The lowest BCUT2D eigenvalue weighted by atomic mass is 10.2. The van der Waals surface area contributed by atoms with Crippen molar-refractivity contribution in [1.29, 1.82) is 0 Å². The molecule has 0 atom stereocenters. The first-order valence-electron chi connectivity index (χ1n) is 6.46. The van der Waals surface area contributed by atoms with E-state index in [1.807, 2.05) is 24.3 Å². The largest absolute Gasteiger partial charge is 0.480 e. The second-order valence-corrected chi connectivity index (χ2v) is 4.49. The molecule has 0 radical (unpaired) electrons. The molecule has 0 aliphatic rings. The summed E-state index contributed by atoms with van der Waals surface area (Å²) in [6, 6.07) is 17.5. The zero-order chi connectivity index (χ0) is 15.2. The molecular weight excluding hydrogens is 268 g/mol. The molecule has 0 aliphatic heterocycles. The van der Waals surface area contributed by atoms with E-state index in [9.17, 15) is 9.59 Å². The number of carboxylic acids is 1. The van der Waals surface area contributed by atoms with Gasteiger partial charge >= 0.3 is 12.0 Å². The van der Waals surface area contributed by atoms with E-state index in [4.69, 9.17) is 5.11 Å². The lowest BCUT2D eigenvalue weighted by Crippen LogP contribution is -2.44. The van der Waals surface area contributed by atoms with E-state index in [0.717, 1.165) is 0 Å². The maximum Gasteiger partial charge on any atom is 0.329 e. The van der Waals surface area contributed by atoms with Crippen LogP contribution in [-0.4, -0.2) is 30.7 Å². The summed E-state index contributed by atoms with van der Waals surface area (Å²) in [5.41, 5.74) is 1.25. The summed E-state index contributed by atoms with van der Waals surface area (Å²) in [5.74, 6) is -1.06. The van der Waals surface area contributed by atoms with Gasteiger partial charge in [-0.1, -0.05) is 36.4 Å². The first-order chi connectivity index (χ1) is 10.1. The minimum Gasteiger partial charge on any atom is -0.480 e. The molecule has 0 aromatic heterocycles. The molecule has 0 fully saturated rings. The summed E-state index contributed by atoms with van der Waals surface area (Å²) in [5, 5.41) is 9.03. The van der Waals surface area contributed by atoms with Gasteiger partial charge in [-0.2, -0.15) is 0 Å². The van der Waals surface area contributed by atoms with Crippen molar-refractivity contribution in [3.8, 4) is 0 Å². The normalized spacial score (nSPS) is 9.95. The number of amides is 2. The van der Waals surface area contributed by atoms with Crippen LogP contribution in [0.4, 0.5) is 16.2 Å². The first kappa shape index (κ1) is 14.6. The standard InChI is InChI=1S/C16H16N2O3/c1-17(13-8-4-2-5-9-13)16(21)18(12-15(19)20)14-10-6-3-7-11-14/h2-11H,12H2,1H3,(H,19,20). The van der Waals surface area contributed by atoms with Gasteiger partial charge in [0.25, 0.3) is 0 Å². The molecule has 0 saturated carbocycles. The van der Waals surface area contributed by atoms with E-state index in [-0.39, 0.29) is 6.54 Å². The third-order valence-corrected chi connectivity index (χ3v) is 3.02. The Hall–Kier alpha value is -2.82. The number of anilines is 2. The lowest BCUT2D eigenvalue weighted by Gasteiger charge is -2.27. The van der Waals surface area contributed by atoms with Crippen molar-refractivity contribution in [1.82, 2.24) is 0 Å². The second kappa shape index (κ2) is 6.56. The van der Waals surface area contributed by atoms with Crippen LogP contribution < -0.4 is 9.80 Å². The highest BCUT2D eigenvalue weighted by atomic mass is 16.4. The van der Waals surface area contributed by atoms with Crippen LogP contribution in [0.2, 0.25) is 0 Å². The Morgan fingerprint density at radius 1 is 0.905 bits per heavy atom. The molecular formula is C16H16N2O3. The Morgan fingerprint density at radius 2 is 1.38 bits per heavy atom. The van der Waals surface area contributed by atoms with Gasteiger partial charge in [-0.3, -0.25) is 14.6 Å². The Kier molecular flexibility index (Phi) is 4.56. The maximum atomic E-state index is 12.6. The number of para-hydroxylation sites is 2. The Labute approximate surface area is 123 Å². The number of rotatable bonds is 4. The number of carboxylic acid groups (broad SMARTS) is 1. The molecule has 108 valence electrons. The fraction of sp³-hybridized carbons (Fsp3) is 0.125. The van der Waals surface area contributed by atoms with Crippen molar-refractivity contribution in [2.75, 3.05) is 23.4 Å². The van der Waals surface area contributed by atoms with Gasteiger partial charge in [0.15, 0.2) is 0 Å². The van der Waals surface area contributed by atoms with Crippen LogP contribution in [0.15, 0.2) is 60.7 Å². The smallest absolute Gasteiger partial charge is 0.329 e. The van der Waals surface area contributed by atoms with Crippen LogP contribution in [0.25, 0.3) is 0 Å². The maximum absolute atomic E-state index is 12.6. The van der Waals surface area contributed by atoms with Crippen LogP contribution in [0.3, 0.4) is 0 Å². The van der Waals surface area contributed by atoms with Crippen LogP contribution >= 0.6 is 0 Å². The molecule has 0 aliphatic carbocycles. The lowest BCUT2D eigenvalue weighted by molar-refractivity contribution is -0.135. The molecule has 2 amide bonds. The van der Waals surface area contributed by atoms with Crippen molar-refractivity contribution in [2.24, 2.45) is 0 Å². The zero-order valence-electron chi connectivity index (χ0n) is 11.6. The fourth-order valence-electron chi connectivity index (χ4n) is 1.96. The van der Waals surface area contributed by atoms with Gasteiger partial charge in [-0.05, 0) is 24.3 Å². The van der Waals surface area contributed by atoms with Gasteiger partial charge < -0.3 is 5.11 Å². The predicted octanol–water partition coefficient (Wildman–Crippen LogP) is 2.83. The molecule has 5 nitrogen and oxygen atoms in total. The number of carbonyl (C=O) groups excluding carboxylic acids is 1. The summed E-state index contributed by atoms with van der Waals surface area (Å²) < 4.78 is 0. The predicted molar refractivity (Wildman–Crippen MR) is 81.7 cm³/mol. The van der Waals surface area contributed by atoms with Gasteiger partial charge in [-0.25, -0.2) is 4.79 Å². The number of carbonyl (C=O) groups is 2. The molecule has 0 unspecified atom stereocenters. The summed E-state index contributed by atoms with van der Waals surface area (Å²) in [6.45, 7) is -0.389. The van der Waals surface area contributed by atoms with Crippen LogP contribution in [0.1, 0.15) is 0 Å². The molecule has 0 saturated heterocycles. The fourth-order valence-corrected chi connectivity index (χ4v) is 1.96. The Morgan fingerprint density at radius 3 is 1.86 bits per heavy atom. The first-order valence-corrected chi connectivity index (χ1v) is 6.46. The van der Waals surface area contributed by atoms with Crippen molar-refractivity contribution < 1.29 is 14.7 Å². The molecule has 0 heterocycles. The highest BCUT2D eigenvalue weighted by molar-refractivity contribution is 6.05. The van der Waals surface area contributed by atoms with Crippen LogP contribution in [0, 0.1) is 0 Å². The average Bonchev–Trinajstić information content (AvgIpc) is 2.53. The summed E-state index contributed by atoms with van der Waals surface area (Å²) in [6.07, 6.45) is 0. The second-order valence-electron chi connectivity index (χ2n) is 4.49. The highest BCUT2D eigenvalue weighted by Crippen LogP contribution is 2.18. The van der Waals surface area contributed by atoms with E-state index in [2.05, 4.69) is 0 Å². The van der Waals surface area contributed by atoms with E-state index in [1.165, 1.54) is 9.80 Å². The van der Waals surface area contributed by atoms with Gasteiger partial charge in [0.05, 0.1) is 0 Å². The molecule has 5 heteroatoms. The van der Waals surface area contributed by atoms with E-state index < -0.39 is 12.0 Å². The molecule has 0 spiro atoms. The number of benzene rings is 2. The Balaban J connectivity index is 2.28. The molecule has 0 bridgehead atoms. The minimum atomic E-state index is -1.06. The van der Waals surface area contributed by atoms with Gasteiger partial charge in [0.2, 0.25) is 0 Å². The van der Waals surface area contributed by atoms with E-state index in [1.54, 1.807) is 43.4 Å². The molecule has 2 aromatic carbocycles.